The normalized spacial score (nSPS) is 11.9. The lowest BCUT2D eigenvalue weighted by molar-refractivity contribution is -0.131. The quantitative estimate of drug-likeness (QED) is 0.501. The molecule has 0 aliphatic rings. The first-order valence-corrected chi connectivity index (χ1v) is 10.9. The number of amides is 1. The van der Waals surface area contributed by atoms with E-state index in [1.54, 1.807) is 18.3 Å². The lowest BCUT2D eigenvalue weighted by atomic mass is 9.80. The number of aromatic nitrogens is 1. The van der Waals surface area contributed by atoms with Gasteiger partial charge in [0.2, 0.25) is 5.91 Å². The summed E-state index contributed by atoms with van der Waals surface area (Å²) < 4.78 is 13.3. The Balaban J connectivity index is 0.000000960. The van der Waals surface area contributed by atoms with Crippen molar-refractivity contribution in [2.24, 2.45) is 5.41 Å². The summed E-state index contributed by atoms with van der Waals surface area (Å²) in [6.45, 7) is 10.6. The zero-order valence-corrected chi connectivity index (χ0v) is 18.7. The summed E-state index contributed by atoms with van der Waals surface area (Å²) in [5.74, 6) is -0.271. The van der Waals surface area contributed by atoms with Gasteiger partial charge in [0.15, 0.2) is 0 Å². The highest BCUT2D eigenvalue weighted by atomic mass is 19.1. The number of benzene rings is 1. The largest absolute Gasteiger partial charge is 0.343 e. The fourth-order valence-corrected chi connectivity index (χ4v) is 3.29. The second-order valence-electron chi connectivity index (χ2n) is 7.77. The van der Waals surface area contributed by atoms with Gasteiger partial charge in [0.25, 0.3) is 0 Å². The van der Waals surface area contributed by atoms with Crippen LogP contribution < -0.4 is 5.32 Å². The van der Waals surface area contributed by atoms with Crippen LogP contribution in [0.15, 0.2) is 48.7 Å². The topological polar surface area (TPSA) is 42.0 Å². The average Bonchev–Trinajstić information content (AvgIpc) is 2.73. The number of carbonyl (C=O) groups is 1. The lowest BCUT2D eigenvalue weighted by Gasteiger charge is -2.30. The average molecular weight is 401 g/mol. The molecule has 1 unspecified atom stereocenters. The van der Waals surface area contributed by atoms with Crippen LogP contribution in [0.1, 0.15) is 90.4 Å². The first-order chi connectivity index (χ1) is 13.9. The van der Waals surface area contributed by atoms with Crippen LogP contribution in [0, 0.1) is 11.2 Å². The fourth-order valence-electron chi connectivity index (χ4n) is 3.29. The van der Waals surface area contributed by atoms with Crippen molar-refractivity contribution in [1.82, 2.24) is 10.3 Å². The summed E-state index contributed by atoms with van der Waals surface area (Å²) in [6, 6.07) is 11.4. The van der Waals surface area contributed by atoms with Crippen molar-refractivity contribution in [2.75, 3.05) is 0 Å². The second-order valence-corrected chi connectivity index (χ2v) is 7.77. The molecule has 0 spiro atoms. The maximum Gasteiger partial charge on any atom is 0.226 e. The van der Waals surface area contributed by atoms with Crippen LogP contribution in [-0.4, -0.2) is 10.9 Å². The van der Waals surface area contributed by atoms with Crippen LogP contribution in [0.5, 0.6) is 0 Å². The molecule has 3 nitrogen and oxygen atoms in total. The van der Waals surface area contributed by atoms with Crippen molar-refractivity contribution >= 4 is 5.91 Å². The highest BCUT2D eigenvalue weighted by molar-refractivity contribution is 5.83. The van der Waals surface area contributed by atoms with Gasteiger partial charge in [-0.05, 0) is 42.7 Å². The zero-order chi connectivity index (χ0) is 21.7. The second kappa shape index (κ2) is 13.1. The van der Waals surface area contributed by atoms with Crippen LogP contribution >= 0.6 is 0 Å². The third-order valence-electron chi connectivity index (χ3n) is 5.11. The molecule has 0 aliphatic heterocycles. The van der Waals surface area contributed by atoms with Crippen molar-refractivity contribution in [3.05, 3.63) is 65.7 Å². The molecule has 1 N–H and O–H groups in total. The number of rotatable bonds is 9. The molecular formula is C25H37FN2O. The van der Waals surface area contributed by atoms with Crippen LogP contribution in [0.25, 0.3) is 0 Å². The Labute approximate surface area is 176 Å². The van der Waals surface area contributed by atoms with Gasteiger partial charge in [0.1, 0.15) is 5.82 Å². The van der Waals surface area contributed by atoms with Gasteiger partial charge in [-0.3, -0.25) is 9.78 Å². The van der Waals surface area contributed by atoms with E-state index in [9.17, 15) is 9.18 Å². The molecule has 0 saturated heterocycles. The van der Waals surface area contributed by atoms with Crippen LogP contribution in [0.2, 0.25) is 0 Å². The highest BCUT2D eigenvalue weighted by Gasteiger charge is 2.33. The molecule has 1 aromatic carbocycles. The predicted octanol–water partition coefficient (Wildman–Crippen LogP) is 6.84. The van der Waals surface area contributed by atoms with E-state index in [0.717, 1.165) is 36.9 Å². The molecule has 1 atom stereocenters. The van der Waals surface area contributed by atoms with Gasteiger partial charge in [0.05, 0.1) is 11.7 Å². The Bertz CT molecular complexity index is 693. The minimum Gasteiger partial charge on any atom is -0.343 e. The molecule has 0 saturated carbocycles. The van der Waals surface area contributed by atoms with E-state index in [4.69, 9.17) is 0 Å². The molecule has 2 aromatic rings. The van der Waals surface area contributed by atoms with Gasteiger partial charge in [-0.15, -0.1) is 0 Å². The monoisotopic (exact) mass is 400 g/mol. The van der Waals surface area contributed by atoms with Crippen LogP contribution in [0.3, 0.4) is 0 Å². The Morgan fingerprint density at radius 1 is 0.966 bits per heavy atom. The number of carbonyl (C=O) groups excluding carboxylic acids is 1. The minimum absolute atomic E-state index is 0.0242. The maximum absolute atomic E-state index is 13.3. The molecule has 2 rings (SSSR count). The van der Waals surface area contributed by atoms with Crippen molar-refractivity contribution < 1.29 is 9.18 Å². The number of nitrogens with one attached hydrogen (secondary N) is 1. The van der Waals surface area contributed by atoms with Gasteiger partial charge < -0.3 is 5.32 Å². The number of halogens is 1. The first-order valence-electron chi connectivity index (χ1n) is 10.9. The highest BCUT2D eigenvalue weighted by Crippen LogP contribution is 2.31. The minimum atomic E-state index is -0.406. The maximum atomic E-state index is 13.3. The van der Waals surface area contributed by atoms with Gasteiger partial charge >= 0.3 is 0 Å². The number of unbranched alkanes of at least 4 members (excludes halogenated alkanes) is 1. The van der Waals surface area contributed by atoms with Crippen molar-refractivity contribution in [3.63, 3.8) is 0 Å². The van der Waals surface area contributed by atoms with E-state index >= 15 is 0 Å². The van der Waals surface area contributed by atoms with Crippen LogP contribution in [0.4, 0.5) is 4.39 Å². The molecular weight excluding hydrogens is 363 g/mol. The van der Waals surface area contributed by atoms with Crippen molar-refractivity contribution in [1.29, 1.82) is 0 Å². The molecule has 4 heteroatoms. The van der Waals surface area contributed by atoms with Crippen molar-refractivity contribution in [2.45, 2.75) is 79.2 Å². The Morgan fingerprint density at radius 3 is 2.00 bits per heavy atom. The van der Waals surface area contributed by atoms with E-state index in [0.29, 0.717) is 0 Å². The third kappa shape index (κ3) is 7.96. The predicted molar refractivity (Wildman–Crippen MR) is 119 cm³/mol. The molecule has 29 heavy (non-hydrogen) atoms. The summed E-state index contributed by atoms with van der Waals surface area (Å²) in [7, 11) is 0. The Kier molecular flexibility index (Phi) is 11.2. The smallest absolute Gasteiger partial charge is 0.226 e. The summed E-state index contributed by atoms with van der Waals surface area (Å²) in [6.07, 6.45) is 7.93. The zero-order valence-electron chi connectivity index (χ0n) is 18.7. The molecule has 0 bridgehead atoms. The van der Waals surface area contributed by atoms with E-state index in [2.05, 4.69) is 38.0 Å². The fraction of sp³-hybridized carbons (Fsp3) is 0.520. The third-order valence-corrected chi connectivity index (χ3v) is 5.11. The molecule has 1 amide bonds. The Hall–Kier alpha value is -2.23. The molecule has 160 valence electrons. The first kappa shape index (κ1) is 24.8. The van der Waals surface area contributed by atoms with Gasteiger partial charge in [0, 0.05) is 11.6 Å². The number of nitrogens with zero attached hydrogens (tertiary/aromatic N) is 1. The summed E-state index contributed by atoms with van der Waals surface area (Å²) in [4.78, 5) is 17.5. The molecule has 0 aliphatic carbocycles. The SMILES string of the molecule is CCCC.CCCC(C)(CCC)C(=O)NC(c1ccc(F)cc1)c1ccccn1. The molecule has 0 fully saturated rings. The van der Waals surface area contributed by atoms with Gasteiger partial charge in [-0.1, -0.05) is 78.5 Å². The van der Waals surface area contributed by atoms with Crippen molar-refractivity contribution in [3.8, 4) is 0 Å². The van der Waals surface area contributed by atoms with E-state index in [-0.39, 0.29) is 17.8 Å². The molecule has 0 radical (unpaired) electrons. The standard InChI is InChI=1S/C21H27FN2O.C4H10/c1-4-13-21(3,14-5-2)20(25)24-19(18-8-6-7-15-23-18)16-9-11-17(22)12-10-16;1-3-4-2/h6-12,15,19H,4-5,13-14H2,1-3H3,(H,24,25);3-4H2,1-2H3. The Morgan fingerprint density at radius 2 is 1.55 bits per heavy atom. The molecule has 1 heterocycles. The summed E-state index contributed by atoms with van der Waals surface area (Å²) >= 11 is 0. The number of hydrogen-bond acceptors (Lipinski definition) is 2. The van der Waals surface area contributed by atoms with E-state index in [1.165, 1.54) is 25.0 Å². The van der Waals surface area contributed by atoms with E-state index < -0.39 is 5.41 Å². The van der Waals surface area contributed by atoms with Crippen LogP contribution in [-0.2, 0) is 4.79 Å². The van der Waals surface area contributed by atoms with Gasteiger partial charge in [-0.2, -0.15) is 0 Å². The number of pyridine rings is 1. The van der Waals surface area contributed by atoms with Gasteiger partial charge in [-0.25, -0.2) is 4.39 Å². The summed E-state index contributed by atoms with van der Waals surface area (Å²) in [5, 5.41) is 3.16. The van der Waals surface area contributed by atoms with E-state index in [1.807, 2.05) is 25.1 Å². The number of hydrogen-bond donors (Lipinski definition) is 1. The summed E-state index contributed by atoms with van der Waals surface area (Å²) in [5.41, 5.74) is 1.16. The molecule has 1 aromatic heterocycles. The lowest BCUT2D eigenvalue weighted by Crippen LogP contribution is -2.41.